The summed E-state index contributed by atoms with van der Waals surface area (Å²) in [5.74, 6) is 0.634. The fourth-order valence-corrected chi connectivity index (χ4v) is 3.57. The summed E-state index contributed by atoms with van der Waals surface area (Å²) in [6.07, 6.45) is 1.48. The van der Waals surface area contributed by atoms with Crippen molar-refractivity contribution < 1.29 is 9.31 Å². The predicted octanol–water partition coefficient (Wildman–Crippen LogP) is 4.76. The molecule has 0 bridgehead atoms. The third-order valence-corrected chi connectivity index (χ3v) is 5.16. The van der Waals surface area contributed by atoms with Crippen LogP contribution in [0.3, 0.4) is 0 Å². The topological polar surface area (TPSA) is 89.5 Å². The first kappa shape index (κ1) is 18.6. The van der Waals surface area contributed by atoms with E-state index in [1.54, 1.807) is 22.6 Å². The standard InChI is InChI=1S/C22H15FN6O2/c1-27(17-4-2-3-15(11-17)14-5-7-16(23)8-6-14)21-19-10-9-18(29(30)31)12-20(19)28-13-24-26-22(28)25-21/h2-13H,1H3. The minimum absolute atomic E-state index is 0.0272. The van der Waals surface area contributed by atoms with E-state index >= 15 is 0 Å². The summed E-state index contributed by atoms with van der Waals surface area (Å²) in [7, 11) is 1.86. The Morgan fingerprint density at radius 2 is 1.84 bits per heavy atom. The zero-order valence-electron chi connectivity index (χ0n) is 16.3. The molecule has 0 unspecified atom stereocenters. The molecule has 0 saturated carbocycles. The van der Waals surface area contributed by atoms with Crippen molar-refractivity contribution in [3.63, 3.8) is 0 Å². The van der Waals surface area contributed by atoms with E-state index in [2.05, 4.69) is 15.2 Å². The summed E-state index contributed by atoms with van der Waals surface area (Å²) in [4.78, 5) is 17.3. The Labute approximate surface area is 175 Å². The summed E-state index contributed by atoms with van der Waals surface area (Å²) in [5, 5.41) is 19.9. The van der Waals surface area contributed by atoms with Gasteiger partial charge in [0.15, 0.2) is 0 Å². The lowest BCUT2D eigenvalue weighted by Gasteiger charge is -2.21. The second kappa shape index (κ2) is 7.13. The van der Waals surface area contributed by atoms with Crippen LogP contribution in [-0.2, 0) is 0 Å². The van der Waals surface area contributed by atoms with Crippen LogP contribution in [0.15, 0.2) is 73.1 Å². The van der Waals surface area contributed by atoms with Gasteiger partial charge in [-0.25, -0.2) is 4.39 Å². The molecule has 5 rings (SSSR count). The van der Waals surface area contributed by atoms with E-state index in [-0.39, 0.29) is 11.5 Å². The Hall–Kier alpha value is -4.40. The van der Waals surface area contributed by atoms with Gasteiger partial charge in [-0.2, -0.15) is 4.98 Å². The number of benzene rings is 3. The molecular weight excluding hydrogens is 399 g/mol. The van der Waals surface area contributed by atoms with Gasteiger partial charge in [-0.3, -0.25) is 14.5 Å². The Morgan fingerprint density at radius 3 is 2.61 bits per heavy atom. The maximum atomic E-state index is 13.3. The Bertz CT molecular complexity index is 1450. The Balaban J connectivity index is 1.66. The normalized spacial score (nSPS) is 11.2. The lowest BCUT2D eigenvalue weighted by atomic mass is 10.0. The molecule has 0 spiro atoms. The maximum Gasteiger partial charge on any atom is 0.271 e. The zero-order valence-corrected chi connectivity index (χ0v) is 16.3. The lowest BCUT2D eigenvalue weighted by molar-refractivity contribution is -0.384. The first-order chi connectivity index (χ1) is 15.0. The van der Waals surface area contributed by atoms with E-state index < -0.39 is 4.92 Å². The van der Waals surface area contributed by atoms with Crippen molar-refractivity contribution in [2.45, 2.75) is 0 Å². The molecule has 2 heterocycles. The molecule has 3 aromatic carbocycles. The monoisotopic (exact) mass is 414 g/mol. The molecule has 0 N–H and O–H groups in total. The molecular formula is C22H15FN6O2. The molecule has 0 radical (unpaired) electrons. The fourth-order valence-electron chi connectivity index (χ4n) is 3.57. The van der Waals surface area contributed by atoms with Crippen LogP contribution in [0.2, 0.25) is 0 Å². The fraction of sp³-hybridized carbons (Fsp3) is 0.0455. The largest absolute Gasteiger partial charge is 0.329 e. The molecule has 31 heavy (non-hydrogen) atoms. The van der Waals surface area contributed by atoms with Crippen molar-refractivity contribution in [2.24, 2.45) is 0 Å². The Morgan fingerprint density at radius 1 is 1.03 bits per heavy atom. The zero-order chi connectivity index (χ0) is 21.5. The molecule has 5 aromatic rings. The second-order valence-corrected chi connectivity index (χ2v) is 7.01. The molecule has 0 aliphatic heterocycles. The first-order valence-corrected chi connectivity index (χ1v) is 9.39. The predicted molar refractivity (Wildman–Crippen MR) is 115 cm³/mol. The minimum atomic E-state index is -0.439. The van der Waals surface area contributed by atoms with Crippen LogP contribution >= 0.6 is 0 Å². The van der Waals surface area contributed by atoms with Crippen molar-refractivity contribution in [3.05, 3.63) is 89.0 Å². The van der Waals surface area contributed by atoms with Gasteiger partial charge < -0.3 is 4.90 Å². The van der Waals surface area contributed by atoms with Crippen molar-refractivity contribution in [2.75, 3.05) is 11.9 Å². The molecule has 0 aliphatic carbocycles. The molecule has 2 aromatic heterocycles. The minimum Gasteiger partial charge on any atom is -0.329 e. The van der Waals surface area contributed by atoms with Crippen molar-refractivity contribution in [3.8, 4) is 11.1 Å². The van der Waals surface area contributed by atoms with Gasteiger partial charge in [0.25, 0.3) is 11.5 Å². The SMILES string of the molecule is CN(c1cccc(-c2ccc(F)cc2)c1)c1nc2nncn2c2cc([N+](=O)[O-])ccc12. The molecule has 9 heteroatoms. The van der Waals surface area contributed by atoms with Crippen molar-refractivity contribution >= 4 is 33.9 Å². The highest BCUT2D eigenvalue weighted by Gasteiger charge is 2.17. The number of nitro groups is 1. The molecule has 152 valence electrons. The number of non-ortho nitro benzene ring substituents is 1. The Kier molecular flexibility index (Phi) is 4.28. The van der Waals surface area contributed by atoms with Crippen LogP contribution in [0, 0.1) is 15.9 Å². The second-order valence-electron chi connectivity index (χ2n) is 7.01. The van der Waals surface area contributed by atoms with E-state index in [0.717, 1.165) is 16.8 Å². The van der Waals surface area contributed by atoms with Gasteiger partial charge in [-0.15, -0.1) is 10.2 Å². The van der Waals surface area contributed by atoms with E-state index in [1.807, 2.05) is 36.2 Å². The number of halogens is 1. The van der Waals surface area contributed by atoms with Crippen molar-refractivity contribution in [1.29, 1.82) is 0 Å². The van der Waals surface area contributed by atoms with Crippen LogP contribution in [0.4, 0.5) is 21.6 Å². The summed E-state index contributed by atoms with van der Waals surface area (Å²) < 4.78 is 14.9. The number of fused-ring (bicyclic) bond motifs is 3. The molecule has 8 nitrogen and oxygen atoms in total. The average molecular weight is 414 g/mol. The molecule has 0 atom stereocenters. The number of anilines is 2. The maximum absolute atomic E-state index is 13.3. The number of rotatable bonds is 4. The summed E-state index contributed by atoms with van der Waals surface area (Å²) in [6, 6.07) is 18.7. The summed E-state index contributed by atoms with van der Waals surface area (Å²) in [6.45, 7) is 0. The quantitative estimate of drug-likeness (QED) is 0.311. The van der Waals surface area contributed by atoms with Gasteiger partial charge in [0.1, 0.15) is 18.0 Å². The number of aromatic nitrogens is 4. The average Bonchev–Trinajstić information content (AvgIpc) is 3.27. The highest BCUT2D eigenvalue weighted by molar-refractivity contribution is 5.94. The lowest BCUT2D eigenvalue weighted by Crippen LogP contribution is -2.13. The van der Waals surface area contributed by atoms with Crippen LogP contribution in [0.1, 0.15) is 0 Å². The van der Waals surface area contributed by atoms with E-state index in [1.165, 1.54) is 30.6 Å². The van der Waals surface area contributed by atoms with Gasteiger partial charge in [-0.05, 0) is 41.5 Å². The number of hydrogen-bond acceptors (Lipinski definition) is 6. The van der Waals surface area contributed by atoms with E-state index in [0.29, 0.717) is 22.5 Å². The highest BCUT2D eigenvalue weighted by Crippen LogP contribution is 2.33. The van der Waals surface area contributed by atoms with E-state index in [9.17, 15) is 14.5 Å². The van der Waals surface area contributed by atoms with Gasteiger partial charge >= 0.3 is 0 Å². The van der Waals surface area contributed by atoms with Crippen LogP contribution < -0.4 is 4.90 Å². The molecule has 0 aliphatic rings. The number of nitro benzene ring substituents is 1. The number of nitrogens with zero attached hydrogens (tertiary/aromatic N) is 6. The van der Waals surface area contributed by atoms with Crippen LogP contribution in [-0.4, -0.2) is 31.6 Å². The first-order valence-electron chi connectivity index (χ1n) is 9.39. The summed E-state index contributed by atoms with van der Waals surface area (Å²) in [5.41, 5.74) is 3.21. The summed E-state index contributed by atoms with van der Waals surface area (Å²) >= 11 is 0. The van der Waals surface area contributed by atoms with Crippen LogP contribution in [0.5, 0.6) is 0 Å². The van der Waals surface area contributed by atoms with Gasteiger partial charge in [0.2, 0.25) is 0 Å². The molecule has 0 amide bonds. The molecule has 0 fully saturated rings. The van der Waals surface area contributed by atoms with Gasteiger partial charge in [0, 0.05) is 30.3 Å². The third-order valence-electron chi connectivity index (χ3n) is 5.16. The van der Waals surface area contributed by atoms with E-state index in [4.69, 9.17) is 0 Å². The van der Waals surface area contributed by atoms with Crippen molar-refractivity contribution in [1.82, 2.24) is 19.6 Å². The smallest absolute Gasteiger partial charge is 0.271 e. The van der Waals surface area contributed by atoms with Gasteiger partial charge in [0.05, 0.1) is 10.4 Å². The molecule has 0 saturated heterocycles. The van der Waals surface area contributed by atoms with Gasteiger partial charge in [-0.1, -0.05) is 24.3 Å². The third kappa shape index (κ3) is 3.21. The number of hydrogen-bond donors (Lipinski definition) is 0. The highest BCUT2D eigenvalue weighted by atomic mass is 19.1. The van der Waals surface area contributed by atoms with Crippen LogP contribution in [0.25, 0.3) is 27.8 Å².